The third-order valence-electron chi connectivity index (χ3n) is 17.3. The fourth-order valence-electron chi connectivity index (χ4n) is 12.1. The Kier molecular flexibility index (Phi) is 25.0. The summed E-state index contributed by atoms with van der Waals surface area (Å²) in [5, 5.41) is 79.3. The van der Waals surface area contributed by atoms with Crippen molar-refractivity contribution in [1.29, 1.82) is 0 Å². The second-order valence-electron chi connectivity index (χ2n) is 24.1. The predicted molar refractivity (Wildman–Crippen MR) is 337 cm³/mol. The number of nitrogens with one attached hydrogen (secondary N) is 7. The first-order valence-electron chi connectivity index (χ1n) is 31.8. The topological polar surface area (TPSA) is 453 Å². The molecule has 0 saturated heterocycles. The molecule has 5 heterocycles. The Morgan fingerprint density at radius 2 is 1.41 bits per heavy atom. The molecule has 4 aromatic rings. The lowest BCUT2D eigenvalue weighted by Gasteiger charge is -2.31. The van der Waals surface area contributed by atoms with Crippen molar-refractivity contribution in [1.82, 2.24) is 56.6 Å². The minimum absolute atomic E-state index is 0.00769. The van der Waals surface area contributed by atoms with Crippen LogP contribution in [0.5, 0.6) is 0 Å². The van der Waals surface area contributed by atoms with Gasteiger partial charge >= 0.3 is 5.97 Å². The molecule has 522 valence electrons. The number of carbonyl (C=O) groups excluding carboxylic acids is 11. The number of hydrogen-bond donors (Lipinski definition) is 13. The van der Waals surface area contributed by atoms with E-state index in [9.17, 15) is 83.1 Å². The number of rotatable bonds is 34. The average Bonchev–Trinajstić information content (AvgIpc) is 1.63. The minimum atomic E-state index is -2.09. The van der Waals surface area contributed by atoms with Gasteiger partial charge in [0.25, 0.3) is 17.4 Å². The van der Waals surface area contributed by atoms with Crippen molar-refractivity contribution in [3.8, 4) is 11.4 Å². The Morgan fingerprint density at radius 3 is 2.12 bits per heavy atom. The number of ether oxygens (including phenoxy) is 2. The molecule has 1 aliphatic carbocycles. The molecule has 2 aromatic heterocycles. The number of imide groups is 1. The highest BCUT2D eigenvalue weighted by molar-refractivity contribution is 6.12. The second-order valence-corrected chi connectivity index (χ2v) is 24.1. The fourth-order valence-corrected chi connectivity index (χ4v) is 12.1. The number of aliphatic hydroxyl groups excluding tert-OH is 5. The van der Waals surface area contributed by atoms with Gasteiger partial charge in [0, 0.05) is 74.1 Å². The first-order chi connectivity index (χ1) is 46.2. The lowest BCUT2D eigenvalue weighted by Crippen LogP contribution is -2.53. The predicted octanol–water partition coefficient (Wildman–Crippen LogP) is -3.30. The highest BCUT2D eigenvalue weighted by atomic mass is 19.1. The molecule has 13 N–H and O–H groups in total. The van der Waals surface area contributed by atoms with Crippen LogP contribution in [0.1, 0.15) is 110 Å². The van der Waals surface area contributed by atoms with Crippen molar-refractivity contribution in [2.45, 2.75) is 146 Å². The van der Waals surface area contributed by atoms with Gasteiger partial charge < -0.3 is 86.8 Å². The van der Waals surface area contributed by atoms with E-state index in [4.69, 9.17) is 19.6 Å². The van der Waals surface area contributed by atoms with Gasteiger partial charge in [0.05, 0.1) is 61.3 Å². The maximum Gasteiger partial charge on any atom is 0.343 e. The summed E-state index contributed by atoms with van der Waals surface area (Å²) < 4.78 is 27.8. The molecule has 4 aliphatic rings. The molecule has 97 heavy (non-hydrogen) atoms. The smallest absolute Gasteiger partial charge is 0.343 e. The van der Waals surface area contributed by atoms with Crippen LogP contribution < -0.4 is 42.8 Å². The summed E-state index contributed by atoms with van der Waals surface area (Å²) >= 11 is 0. The summed E-state index contributed by atoms with van der Waals surface area (Å²) in [6, 6.07) is 7.89. The van der Waals surface area contributed by atoms with Crippen LogP contribution in [0.25, 0.3) is 22.3 Å². The summed E-state index contributed by atoms with van der Waals surface area (Å²) in [6.07, 6.45) is -3.69. The van der Waals surface area contributed by atoms with Crippen molar-refractivity contribution in [3.63, 3.8) is 0 Å². The van der Waals surface area contributed by atoms with E-state index >= 15 is 4.39 Å². The van der Waals surface area contributed by atoms with E-state index in [2.05, 4.69) is 37.2 Å². The van der Waals surface area contributed by atoms with Gasteiger partial charge in [-0.25, -0.2) is 14.2 Å². The molecular formula is C65H80FN11O20. The zero-order valence-electron chi connectivity index (χ0n) is 53.7. The Morgan fingerprint density at radius 1 is 0.753 bits per heavy atom. The van der Waals surface area contributed by atoms with Crippen molar-refractivity contribution in [2.75, 3.05) is 59.7 Å². The summed E-state index contributed by atoms with van der Waals surface area (Å²) in [5.41, 5.74) is 1.56. The number of cyclic esters (lactones) is 1. The van der Waals surface area contributed by atoms with Crippen molar-refractivity contribution in [2.24, 2.45) is 0 Å². The van der Waals surface area contributed by atoms with E-state index < -0.39 is 177 Å². The summed E-state index contributed by atoms with van der Waals surface area (Å²) in [4.78, 5) is 163. The Labute approximate surface area is 554 Å². The van der Waals surface area contributed by atoms with Gasteiger partial charge in [0.15, 0.2) is 5.60 Å². The molecule has 3 aliphatic heterocycles. The Bertz CT molecular complexity index is 3780. The molecular weight excluding hydrogens is 1270 g/mol. The average molecular weight is 1350 g/mol. The SMILES string of the molecule is CC[C@@]1(O)C(=O)OCc2c1cc1n(c2=O)Cc2c-1nc1cc(F)c3c(c1c2[C@H](C)NC(=O)COCNC(=O)CNC(=O)[C@H](Cc1ccccc1)NC(=O)CNC(=O)CNC(=O)CC[C@H](NC(=O)CCCCCN1C(=O)C=CC1=O)C(=O)N(C)C[C@H](O)[C@@H](O)[C@H](O)[C@H](O)CO)CCC3. The van der Waals surface area contributed by atoms with Gasteiger partial charge in [-0.1, -0.05) is 43.7 Å². The molecule has 0 bridgehead atoms. The minimum Gasteiger partial charge on any atom is -0.458 e. The summed E-state index contributed by atoms with van der Waals surface area (Å²) in [7, 11) is 1.19. The first kappa shape index (κ1) is 73.4. The number of aliphatic hydroxyl groups is 6. The number of aromatic nitrogens is 2. The lowest BCUT2D eigenvalue weighted by atomic mass is 9.86. The van der Waals surface area contributed by atoms with Crippen LogP contribution >= 0.6 is 0 Å². The molecule has 0 unspecified atom stereocenters. The number of nitrogens with zero attached hydrogens (tertiary/aromatic N) is 4. The van der Waals surface area contributed by atoms with Gasteiger partial charge in [-0.2, -0.15) is 0 Å². The van der Waals surface area contributed by atoms with E-state index in [1.807, 2.05) is 0 Å². The van der Waals surface area contributed by atoms with Crippen LogP contribution in [-0.4, -0.2) is 211 Å². The molecule has 32 heteroatoms. The molecule has 31 nitrogen and oxygen atoms in total. The van der Waals surface area contributed by atoms with Gasteiger partial charge in [0.1, 0.15) is 62.3 Å². The van der Waals surface area contributed by atoms with E-state index in [-0.39, 0.29) is 68.4 Å². The van der Waals surface area contributed by atoms with Crippen LogP contribution in [0.3, 0.4) is 0 Å². The number of pyridine rings is 2. The molecule has 8 atom stereocenters. The number of amides is 10. The van der Waals surface area contributed by atoms with Crippen LogP contribution in [0.4, 0.5) is 4.39 Å². The number of carbonyl (C=O) groups is 11. The molecule has 0 radical (unpaired) electrons. The fraction of sp³-hybridized carbons (Fsp3) is 0.492. The van der Waals surface area contributed by atoms with Crippen LogP contribution in [-0.2, 0) is 100 Å². The van der Waals surface area contributed by atoms with Crippen LogP contribution in [0, 0.1) is 5.82 Å². The Balaban J connectivity index is 0.796. The molecule has 8 rings (SSSR count). The second kappa shape index (κ2) is 33.0. The van der Waals surface area contributed by atoms with Crippen LogP contribution in [0.2, 0.25) is 0 Å². The number of aryl methyl sites for hydroxylation is 1. The maximum absolute atomic E-state index is 15.6. The van der Waals surface area contributed by atoms with E-state index in [1.54, 1.807) is 50.2 Å². The molecule has 10 amide bonds. The zero-order valence-corrected chi connectivity index (χ0v) is 53.7. The zero-order chi connectivity index (χ0) is 70.4. The number of halogens is 1. The number of benzene rings is 2. The first-order valence-corrected chi connectivity index (χ1v) is 31.8. The number of esters is 1. The van der Waals surface area contributed by atoms with E-state index in [0.29, 0.717) is 71.1 Å². The normalized spacial score (nSPS) is 17.3. The standard InChI is InChI=1S/C65H80FN11O20/c1-4-65(95)40-23-45-58-38(28-77(45)62(92)39(40)31-97-64(65)94)56(57-37-15-11-14-36(37)41(66)24-43(57)74-58)34(2)71-53(86)32-96-33-70-51(84)26-69-61(91)44(22-35-12-7-5-8-13-35)73-52(85)27-68-50(83)25-67-48(81)18-17-42(63(93)75(3)29-46(79)59(89)60(90)47(80)30-78)72-49(82)16-9-6-10-21-76-54(87)19-20-55(76)88/h5,7-8,12-13,19-20,23-24,34,42,44,46-47,59-60,78-80,89-90,95H,4,6,9-11,14-18,21-22,25-33H2,1-3H3,(H,67,81)(H,68,83)(H,69,91)(H,70,84)(H,71,86)(H,72,82)(H,73,85)/t34-,42-,44-,46-,47+,59+,60+,65-/m0/s1. The monoisotopic (exact) mass is 1350 g/mol. The van der Waals surface area contributed by atoms with Gasteiger partial charge in [-0.05, 0) is 80.2 Å². The molecule has 0 fully saturated rings. The van der Waals surface area contributed by atoms with Crippen LogP contribution in [0.15, 0.2) is 59.4 Å². The van der Waals surface area contributed by atoms with Gasteiger partial charge in [-0.3, -0.25) is 57.6 Å². The maximum atomic E-state index is 15.6. The molecule has 0 spiro atoms. The van der Waals surface area contributed by atoms with Gasteiger partial charge in [-0.15, -0.1) is 0 Å². The number of fused-ring (bicyclic) bond motifs is 7. The van der Waals surface area contributed by atoms with E-state index in [0.717, 1.165) is 27.5 Å². The van der Waals surface area contributed by atoms with E-state index in [1.165, 1.54) is 17.7 Å². The van der Waals surface area contributed by atoms with Crippen molar-refractivity contribution >= 4 is 75.9 Å². The number of unbranched alkanes of at least 4 members (excludes halogenated alkanes) is 2. The quantitative estimate of drug-likeness (QED) is 0.00830. The lowest BCUT2D eigenvalue weighted by molar-refractivity contribution is -0.172. The highest BCUT2D eigenvalue weighted by Gasteiger charge is 2.46. The molecule has 0 saturated carbocycles. The largest absolute Gasteiger partial charge is 0.458 e. The third kappa shape index (κ3) is 17.8. The Hall–Kier alpha value is -9.44. The van der Waals surface area contributed by atoms with Crippen molar-refractivity contribution in [3.05, 3.63) is 110 Å². The van der Waals surface area contributed by atoms with Gasteiger partial charge in [0.2, 0.25) is 47.3 Å². The number of hydrogen-bond acceptors (Lipinski definition) is 21. The third-order valence-corrected chi connectivity index (χ3v) is 17.3. The highest BCUT2D eigenvalue weighted by Crippen LogP contribution is 2.44. The van der Waals surface area contributed by atoms with Crippen molar-refractivity contribution < 1.29 is 97.2 Å². The number of likely N-dealkylation sites (N-methyl/N-ethyl adjacent to an activating group) is 1. The summed E-state index contributed by atoms with van der Waals surface area (Å²) in [5.74, 6) is -8.35. The summed E-state index contributed by atoms with van der Waals surface area (Å²) in [6.45, 7) is -1.50. The molecule has 2 aromatic carbocycles.